The Kier molecular flexibility index (Phi) is 23.7. The van der Waals surface area contributed by atoms with Gasteiger partial charge in [-0.2, -0.15) is 0 Å². The van der Waals surface area contributed by atoms with E-state index in [1.54, 1.807) is 14.2 Å². The molecule has 0 aliphatic carbocycles. The molecular formula is C8H17Cl3N2O4. The molecule has 0 spiro atoms. The molecule has 0 aromatic carbocycles. The summed E-state index contributed by atoms with van der Waals surface area (Å²) in [6.07, 6.45) is 0. The molecule has 0 rings (SSSR count). The molecule has 0 aliphatic heterocycles. The van der Waals surface area contributed by atoms with Crippen LogP contribution in [0.5, 0.6) is 0 Å². The number of halogens is 3. The van der Waals surface area contributed by atoms with Gasteiger partial charge in [0.05, 0.1) is 20.1 Å². The number of nitrogens with one attached hydrogen (secondary N) is 1. The van der Waals surface area contributed by atoms with Crippen LogP contribution in [0.4, 0.5) is 0 Å². The Morgan fingerprint density at radius 3 is 1.65 bits per heavy atom. The molecule has 0 fully saturated rings. The number of carbonyl (C=O) groups is 2. The number of hydroxylamine groups is 3. The zero-order valence-electron chi connectivity index (χ0n) is 10.1. The van der Waals surface area contributed by atoms with Gasteiger partial charge in [-0.3, -0.25) is 14.4 Å². The number of nitrogens with zero attached hydrogens (tertiary/aromatic N) is 1. The van der Waals surface area contributed by atoms with Crippen LogP contribution >= 0.6 is 34.8 Å². The van der Waals surface area contributed by atoms with Crippen LogP contribution in [-0.4, -0.2) is 56.3 Å². The maximum Gasteiger partial charge on any atom is 0.260 e. The lowest BCUT2D eigenvalue weighted by molar-refractivity contribution is -0.165. The number of amides is 1. The molecule has 0 unspecified atom stereocenters. The molecule has 0 aromatic heterocycles. The van der Waals surface area contributed by atoms with Gasteiger partial charge in [0, 0.05) is 14.1 Å². The summed E-state index contributed by atoms with van der Waals surface area (Å²) >= 11 is 14.7. The SMILES string of the molecule is CNOC.CON(C)C(=O)CCl.O=C(Cl)CCl. The molecule has 0 bridgehead atoms. The number of rotatable bonds is 4. The van der Waals surface area contributed by atoms with Crippen molar-refractivity contribution in [3.63, 3.8) is 0 Å². The van der Waals surface area contributed by atoms with Gasteiger partial charge < -0.3 is 4.84 Å². The maximum atomic E-state index is 10.4. The summed E-state index contributed by atoms with van der Waals surface area (Å²) < 4.78 is 0. The molecule has 0 atom stereocenters. The fraction of sp³-hybridized carbons (Fsp3) is 0.750. The van der Waals surface area contributed by atoms with E-state index in [9.17, 15) is 9.59 Å². The Morgan fingerprint density at radius 1 is 1.24 bits per heavy atom. The van der Waals surface area contributed by atoms with Crippen molar-refractivity contribution >= 4 is 46.0 Å². The van der Waals surface area contributed by atoms with Gasteiger partial charge in [0.15, 0.2) is 0 Å². The minimum atomic E-state index is -0.508. The Morgan fingerprint density at radius 2 is 1.59 bits per heavy atom. The zero-order chi connectivity index (χ0) is 14.3. The van der Waals surface area contributed by atoms with Crippen LogP contribution in [0.1, 0.15) is 0 Å². The lowest BCUT2D eigenvalue weighted by Gasteiger charge is -2.10. The number of hydrogen-bond acceptors (Lipinski definition) is 5. The average molecular weight is 312 g/mol. The molecule has 0 aromatic rings. The summed E-state index contributed by atoms with van der Waals surface area (Å²) in [5.74, 6) is -0.375. The number of hydrogen-bond donors (Lipinski definition) is 1. The van der Waals surface area contributed by atoms with E-state index in [1.807, 2.05) is 0 Å². The molecule has 0 saturated carbocycles. The smallest absolute Gasteiger partial charge is 0.260 e. The van der Waals surface area contributed by atoms with Crippen molar-refractivity contribution in [3.8, 4) is 0 Å². The van der Waals surface area contributed by atoms with Crippen molar-refractivity contribution in [2.45, 2.75) is 0 Å². The third-order valence-corrected chi connectivity index (χ3v) is 1.79. The minimum Gasteiger partial charge on any atom is -0.305 e. The average Bonchev–Trinajstić information content (AvgIpc) is 2.37. The minimum absolute atomic E-state index is 0.0374. The fourth-order valence-electron chi connectivity index (χ4n) is 0.186. The molecule has 0 saturated heterocycles. The monoisotopic (exact) mass is 310 g/mol. The summed E-state index contributed by atoms with van der Waals surface area (Å²) in [5.41, 5.74) is 2.43. The van der Waals surface area contributed by atoms with E-state index in [-0.39, 0.29) is 17.7 Å². The standard InChI is InChI=1S/C4H8ClNO2.C2H2Cl2O.C2H7NO/c1-6(8-2)4(7)3-5;3-1-2(4)5;1-3-4-2/h3H2,1-2H3;1H2;3H,1-2H3. The van der Waals surface area contributed by atoms with E-state index >= 15 is 0 Å². The van der Waals surface area contributed by atoms with Gasteiger partial charge in [-0.15, -0.1) is 23.2 Å². The Bertz CT molecular complexity index is 194. The van der Waals surface area contributed by atoms with E-state index in [0.29, 0.717) is 0 Å². The first-order chi connectivity index (χ1) is 7.90. The van der Waals surface area contributed by atoms with E-state index in [4.69, 9.17) is 34.8 Å². The molecule has 0 aliphatic rings. The second-order valence-electron chi connectivity index (χ2n) is 2.10. The first-order valence-electron chi connectivity index (χ1n) is 4.21. The first kappa shape index (κ1) is 22.1. The predicted molar refractivity (Wildman–Crippen MR) is 68.1 cm³/mol. The van der Waals surface area contributed by atoms with Gasteiger partial charge in [0.2, 0.25) is 5.24 Å². The summed E-state index contributed by atoms with van der Waals surface area (Å²) in [6.45, 7) is 0. The molecule has 6 nitrogen and oxygen atoms in total. The van der Waals surface area contributed by atoms with Crippen molar-refractivity contribution in [3.05, 3.63) is 0 Å². The van der Waals surface area contributed by atoms with Crippen molar-refractivity contribution in [2.24, 2.45) is 0 Å². The summed E-state index contributed by atoms with van der Waals surface area (Å²) in [4.78, 5) is 28.7. The molecule has 1 N–H and O–H groups in total. The van der Waals surface area contributed by atoms with Gasteiger partial charge in [-0.1, -0.05) is 0 Å². The van der Waals surface area contributed by atoms with Gasteiger partial charge in [0.1, 0.15) is 5.88 Å². The molecule has 104 valence electrons. The third-order valence-electron chi connectivity index (χ3n) is 1.05. The highest BCUT2D eigenvalue weighted by molar-refractivity contribution is 6.67. The molecule has 9 heteroatoms. The molecule has 0 radical (unpaired) electrons. The second-order valence-corrected chi connectivity index (χ2v) is 3.06. The van der Waals surface area contributed by atoms with Crippen LogP contribution < -0.4 is 5.48 Å². The van der Waals surface area contributed by atoms with Gasteiger partial charge in [0.25, 0.3) is 5.91 Å². The summed E-state index contributed by atoms with van der Waals surface area (Å²) in [6, 6.07) is 0. The quantitative estimate of drug-likeness (QED) is 0.477. The molecular weight excluding hydrogens is 294 g/mol. The van der Waals surface area contributed by atoms with E-state index in [2.05, 4.69) is 15.2 Å². The fourth-order valence-corrected chi connectivity index (χ4v) is 0.354. The topological polar surface area (TPSA) is 67.9 Å². The second kappa shape index (κ2) is 18.3. The van der Waals surface area contributed by atoms with Crippen molar-refractivity contribution in [2.75, 3.05) is 40.1 Å². The van der Waals surface area contributed by atoms with Gasteiger partial charge in [-0.05, 0) is 11.6 Å². The van der Waals surface area contributed by atoms with E-state index < -0.39 is 5.24 Å². The lowest BCUT2D eigenvalue weighted by atomic mass is 10.7. The highest BCUT2D eigenvalue weighted by Gasteiger charge is 2.02. The third kappa shape index (κ3) is 25.9. The molecule has 1 amide bonds. The number of carbonyl (C=O) groups excluding carboxylic acids is 2. The van der Waals surface area contributed by atoms with Crippen LogP contribution in [0.2, 0.25) is 0 Å². The Hall–Kier alpha value is -0.110. The van der Waals surface area contributed by atoms with Crippen molar-refractivity contribution in [1.82, 2.24) is 10.5 Å². The molecule has 17 heavy (non-hydrogen) atoms. The summed E-state index contributed by atoms with van der Waals surface area (Å²) in [5, 5.41) is 0.569. The lowest BCUT2D eigenvalue weighted by Crippen LogP contribution is -2.26. The Labute approximate surface area is 116 Å². The van der Waals surface area contributed by atoms with E-state index in [0.717, 1.165) is 5.06 Å². The highest BCUT2D eigenvalue weighted by atomic mass is 35.5. The van der Waals surface area contributed by atoms with Crippen LogP contribution in [0, 0.1) is 0 Å². The first-order valence-corrected chi connectivity index (χ1v) is 5.66. The largest absolute Gasteiger partial charge is 0.305 e. The summed E-state index contributed by atoms with van der Waals surface area (Å²) in [7, 11) is 6.19. The predicted octanol–water partition coefficient (Wildman–Crippen LogP) is 1.00. The van der Waals surface area contributed by atoms with Gasteiger partial charge >= 0.3 is 0 Å². The number of alkyl halides is 2. The van der Waals surface area contributed by atoms with Crippen LogP contribution in [-0.2, 0) is 19.3 Å². The molecule has 0 heterocycles. The van der Waals surface area contributed by atoms with Gasteiger partial charge in [-0.25, -0.2) is 10.5 Å². The maximum absolute atomic E-state index is 10.4. The highest BCUT2D eigenvalue weighted by Crippen LogP contribution is 1.85. The van der Waals surface area contributed by atoms with Crippen molar-refractivity contribution < 1.29 is 19.3 Å². The zero-order valence-corrected chi connectivity index (χ0v) is 12.4. The van der Waals surface area contributed by atoms with Crippen molar-refractivity contribution in [1.29, 1.82) is 0 Å². The Balaban J connectivity index is -0.000000188. The van der Waals surface area contributed by atoms with E-state index in [1.165, 1.54) is 14.2 Å². The van der Waals surface area contributed by atoms with Crippen LogP contribution in [0.25, 0.3) is 0 Å². The normalized spacial score (nSPS) is 8.18. The van der Waals surface area contributed by atoms with Crippen LogP contribution in [0.3, 0.4) is 0 Å². The van der Waals surface area contributed by atoms with Crippen LogP contribution in [0.15, 0.2) is 0 Å².